The lowest BCUT2D eigenvalue weighted by molar-refractivity contribution is 0.194. The lowest BCUT2D eigenvalue weighted by atomic mass is 9.86. The van der Waals surface area contributed by atoms with E-state index in [0.29, 0.717) is 6.04 Å². The summed E-state index contributed by atoms with van der Waals surface area (Å²) in [6.07, 6.45) is 3.94. The van der Waals surface area contributed by atoms with Crippen molar-refractivity contribution >= 4 is 5.69 Å². The number of nitrogens with one attached hydrogen (secondary N) is 1. The van der Waals surface area contributed by atoms with Crippen LogP contribution in [0.15, 0.2) is 24.3 Å². The van der Waals surface area contributed by atoms with Gasteiger partial charge in [-0.15, -0.1) is 0 Å². The van der Waals surface area contributed by atoms with Gasteiger partial charge < -0.3 is 10.2 Å². The zero-order chi connectivity index (χ0) is 14.6. The zero-order valence-electron chi connectivity index (χ0n) is 12.8. The maximum absolute atomic E-state index is 9.15. The van der Waals surface area contributed by atoms with Crippen LogP contribution in [0.4, 0.5) is 5.69 Å². The van der Waals surface area contributed by atoms with Gasteiger partial charge in [0.1, 0.15) is 0 Å². The third kappa shape index (κ3) is 3.52. The Labute approximate surface area is 122 Å². The largest absolute Gasteiger partial charge is 0.383 e. The van der Waals surface area contributed by atoms with Crippen LogP contribution in [0.3, 0.4) is 0 Å². The fraction of sp³-hybridized carbons (Fsp3) is 0.588. The van der Waals surface area contributed by atoms with Crippen molar-refractivity contribution in [3.05, 3.63) is 29.8 Å². The van der Waals surface area contributed by atoms with Gasteiger partial charge in [-0.1, -0.05) is 18.6 Å². The van der Waals surface area contributed by atoms with E-state index in [1.807, 2.05) is 13.8 Å². The first-order chi connectivity index (χ1) is 9.53. The number of anilines is 1. The molecule has 0 radical (unpaired) electrons. The molecule has 2 rings (SSSR count). The molecular weight excluding hydrogens is 246 g/mol. The van der Waals surface area contributed by atoms with Crippen molar-refractivity contribution in [3.8, 4) is 6.07 Å². The van der Waals surface area contributed by atoms with Crippen LogP contribution >= 0.6 is 0 Å². The Morgan fingerprint density at radius 1 is 1.30 bits per heavy atom. The normalized spacial score (nSPS) is 20.4. The van der Waals surface area contributed by atoms with E-state index in [9.17, 15) is 0 Å². The first kappa shape index (κ1) is 14.9. The Bertz CT molecular complexity index is 470. The fourth-order valence-corrected chi connectivity index (χ4v) is 2.71. The van der Waals surface area contributed by atoms with E-state index in [2.05, 4.69) is 47.6 Å². The molecule has 1 unspecified atom stereocenters. The summed E-state index contributed by atoms with van der Waals surface area (Å²) in [5, 5.41) is 12.7. The fourth-order valence-electron chi connectivity index (χ4n) is 2.71. The minimum atomic E-state index is -0.415. The minimum Gasteiger partial charge on any atom is -0.383 e. The molecule has 1 aromatic rings. The number of likely N-dealkylation sites (N-methyl/N-ethyl adjacent to an activating group) is 1. The molecule has 0 bridgehead atoms. The van der Waals surface area contributed by atoms with Crippen molar-refractivity contribution in [1.82, 2.24) is 4.90 Å². The van der Waals surface area contributed by atoms with Gasteiger partial charge in [-0.05, 0) is 58.0 Å². The van der Waals surface area contributed by atoms with Crippen molar-refractivity contribution in [2.45, 2.75) is 44.6 Å². The van der Waals surface area contributed by atoms with Crippen LogP contribution in [-0.4, -0.2) is 31.1 Å². The predicted octanol–water partition coefficient (Wildman–Crippen LogP) is 3.38. The quantitative estimate of drug-likeness (QED) is 0.912. The number of likely N-dealkylation sites (tertiary alicyclic amines) is 1. The average Bonchev–Trinajstić information content (AvgIpc) is 2.47. The second kappa shape index (κ2) is 6.28. The molecule has 0 spiro atoms. The van der Waals surface area contributed by atoms with Gasteiger partial charge in [0.25, 0.3) is 0 Å². The SMILES string of the molecule is CN1CCCCC1CNc1ccc(C(C)(C)C#N)cc1. The average molecular weight is 271 g/mol. The van der Waals surface area contributed by atoms with Crippen LogP contribution in [0, 0.1) is 11.3 Å². The molecule has 1 saturated heterocycles. The van der Waals surface area contributed by atoms with Crippen LogP contribution in [0.25, 0.3) is 0 Å². The molecule has 0 amide bonds. The number of piperidine rings is 1. The summed E-state index contributed by atoms with van der Waals surface area (Å²) in [5.74, 6) is 0. The molecule has 0 aromatic heterocycles. The highest BCUT2D eigenvalue weighted by Gasteiger charge is 2.20. The molecule has 3 nitrogen and oxygen atoms in total. The van der Waals surface area contributed by atoms with Crippen molar-refractivity contribution in [2.24, 2.45) is 0 Å². The molecule has 108 valence electrons. The molecule has 20 heavy (non-hydrogen) atoms. The number of nitriles is 1. The molecule has 0 aliphatic carbocycles. The Morgan fingerprint density at radius 3 is 2.60 bits per heavy atom. The second-order valence-corrected chi connectivity index (χ2v) is 6.33. The van der Waals surface area contributed by atoms with E-state index in [1.165, 1.54) is 25.8 Å². The van der Waals surface area contributed by atoms with E-state index in [4.69, 9.17) is 5.26 Å². The van der Waals surface area contributed by atoms with Gasteiger partial charge in [-0.3, -0.25) is 0 Å². The van der Waals surface area contributed by atoms with Gasteiger partial charge in [0, 0.05) is 18.3 Å². The minimum absolute atomic E-state index is 0.415. The van der Waals surface area contributed by atoms with Gasteiger partial charge in [0.2, 0.25) is 0 Å². The first-order valence-electron chi connectivity index (χ1n) is 7.49. The monoisotopic (exact) mass is 271 g/mol. The van der Waals surface area contributed by atoms with Gasteiger partial charge in [-0.2, -0.15) is 5.26 Å². The van der Waals surface area contributed by atoms with Gasteiger partial charge in [-0.25, -0.2) is 0 Å². The maximum atomic E-state index is 9.15. The first-order valence-corrected chi connectivity index (χ1v) is 7.49. The topological polar surface area (TPSA) is 39.1 Å². The van der Waals surface area contributed by atoms with Crippen LogP contribution in [0.2, 0.25) is 0 Å². The van der Waals surface area contributed by atoms with Crippen LogP contribution in [0.1, 0.15) is 38.7 Å². The number of rotatable bonds is 4. The molecule has 1 aliphatic rings. The summed E-state index contributed by atoms with van der Waals surface area (Å²) in [5.41, 5.74) is 1.80. The molecule has 1 heterocycles. The highest BCUT2D eigenvalue weighted by molar-refractivity contribution is 5.47. The third-order valence-electron chi connectivity index (χ3n) is 4.35. The summed E-state index contributed by atoms with van der Waals surface area (Å²) in [6, 6.07) is 11.2. The molecule has 1 fully saturated rings. The Hall–Kier alpha value is -1.53. The van der Waals surface area contributed by atoms with E-state index in [1.54, 1.807) is 0 Å². The number of hydrogen-bond acceptors (Lipinski definition) is 3. The van der Waals surface area contributed by atoms with Crippen molar-refractivity contribution in [3.63, 3.8) is 0 Å². The zero-order valence-corrected chi connectivity index (χ0v) is 12.8. The van der Waals surface area contributed by atoms with E-state index in [-0.39, 0.29) is 0 Å². The standard InChI is InChI=1S/C17H25N3/c1-17(2,13-18)14-7-9-15(10-8-14)19-12-16-6-4-5-11-20(16)3/h7-10,16,19H,4-6,11-12H2,1-3H3. The number of nitrogens with zero attached hydrogens (tertiary/aromatic N) is 2. The number of benzene rings is 1. The molecular formula is C17H25N3. The summed E-state index contributed by atoms with van der Waals surface area (Å²) >= 11 is 0. The van der Waals surface area contributed by atoms with Gasteiger partial charge >= 0.3 is 0 Å². The smallest absolute Gasteiger partial charge is 0.0766 e. The maximum Gasteiger partial charge on any atom is 0.0766 e. The van der Waals surface area contributed by atoms with Crippen LogP contribution < -0.4 is 5.32 Å². The highest BCUT2D eigenvalue weighted by atomic mass is 15.2. The molecule has 1 aromatic carbocycles. The van der Waals surface area contributed by atoms with Gasteiger partial charge in [0.15, 0.2) is 0 Å². The third-order valence-corrected chi connectivity index (χ3v) is 4.35. The number of hydrogen-bond donors (Lipinski definition) is 1. The van der Waals surface area contributed by atoms with Crippen molar-refractivity contribution < 1.29 is 0 Å². The van der Waals surface area contributed by atoms with Crippen LogP contribution in [0.5, 0.6) is 0 Å². The molecule has 0 saturated carbocycles. The molecule has 3 heteroatoms. The summed E-state index contributed by atoms with van der Waals surface area (Å²) in [6.45, 7) is 6.11. The Morgan fingerprint density at radius 2 is 2.00 bits per heavy atom. The predicted molar refractivity (Wildman–Crippen MR) is 83.8 cm³/mol. The van der Waals surface area contributed by atoms with Crippen molar-refractivity contribution in [1.29, 1.82) is 5.26 Å². The Balaban J connectivity index is 1.93. The Kier molecular flexibility index (Phi) is 4.67. The molecule has 1 atom stereocenters. The summed E-state index contributed by atoms with van der Waals surface area (Å²) < 4.78 is 0. The summed E-state index contributed by atoms with van der Waals surface area (Å²) in [4.78, 5) is 2.45. The lowest BCUT2D eigenvalue weighted by Gasteiger charge is -2.32. The van der Waals surface area contributed by atoms with E-state index < -0.39 is 5.41 Å². The van der Waals surface area contributed by atoms with Crippen molar-refractivity contribution in [2.75, 3.05) is 25.5 Å². The highest BCUT2D eigenvalue weighted by Crippen LogP contribution is 2.24. The lowest BCUT2D eigenvalue weighted by Crippen LogP contribution is -2.40. The molecule has 1 N–H and O–H groups in total. The molecule has 1 aliphatic heterocycles. The van der Waals surface area contributed by atoms with E-state index in [0.717, 1.165) is 17.8 Å². The van der Waals surface area contributed by atoms with E-state index >= 15 is 0 Å². The van der Waals surface area contributed by atoms with Gasteiger partial charge in [0.05, 0.1) is 11.5 Å². The van der Waals surface area contributed by atoms with Crippen LogP contribution in [-0.2, 0) is 5.41 Å². The second-order valence-electron chi connectivity index (χ2n) is 6.33. The summed E-state index contributed by atoms with van der Waals surface area (Å²) in [7, 11) is 2.21.